The predicted octanol–water partition coefficient (Wildman–Crippen LogP) is 15.3. The minimum atomic E-state index is 1.10. The van der Waals surface area contributed by atoms with Crippen LogP contribution >= 0.6 is 11.3 Å². The van der Waals surface area contributed by atoms with Gasteiger partial charge in [0.05, 0.1) is 5.69 Å². The van der Waals surface area contributed by atoms with E-state index in [0.717, 1.165) is 17.1 Å². The molecule has 0 saturated heterocycles. The zero-order chi connectivity index (χ0) is 35.8. The highest BCUT2D eigenvalue weighted by atomic mass is 32.1. The molecule has 0 atom stereocenters. The summed E-state index contributed by atoms with van der Waals surface area (Å²) in [5, 5.41) is 5.12. The summed E-state index contributed by atoms with van der Waals surface area (Å²) in [7, 11) is 0. The van der Waals surface area contributed by atoms with Crippen LogP contribution in [0.1, 0.15) is 0 Å². The second-order valence-electron chi connectivity index (χ2n) is 13.7. The van der Waals surface area contributed by atoms with Crippen LogP contribution in [0.5, 0.6) is 0 Å². The van der Waals surface area contributed by atoms with E-state index < -0.39 is 0 Å². The maximum Gasteiger partial charge on any atom is 0.0540 e. The monoisotopic (exact) mass is 705 g/mol. The number of anilines is 3. The first-order valence-electron chi connectivity index (χ1n) is 18.4. The highest BCUT2D eigenvalue weighted by Gasteiger charge is 2.20. The molecule has 0 unspecified atom stereocenters. The van der Waals surface area contributed by atoms with Crippen molar-refractivity contribution in [1.29, 1.82) is 0 Å². The first-order valence-corrected chi connectivity index (χ1v) is 19.2. The number of thiophene rings is 1. The van der Waals surface area contributed by atoms with E-state index in [0.29, 0.717) is 0 Å². The van der Waals surface area contributed by atoms with Gasteiger partial charge in [0.2, 0.25) is 0 Å². The first-order chi connectivity index (χ1) is 26.8. The number of fused-ring (bicyclic) bond motifs is 4. The van der Waals surface area contributed by atoms with Crippen LogP contribution in [0.2, 0.25) is 0 Å². The summed E-state index contributed by atoms with van der Waals surface area (Å²) >= 11 is 1.86. The van der Waals surface area contributed by atoms with E-state index in [4.69, 9.17) is 0 Å². The van der Waals surface area contributed by atoms with Gasteiger partial charge in [-0.2, -0.15) is 0 Å². The van der Waals surface area contributed by atoms with Gasteiger partial charge in [-0.05, 0) is 98.2 Å². The Hall–Kier alpha value is -6.74. The minimum absolute atomic E-state index is 1.10. The van der Waals surface area contributed by atoms with E-state index in [1.807, 2.05) is 11.3 Å². The van der Waals surface area contributed by atoms with Crippen molar-refractivity contribution < 1.29 is 0 Å². The van der Waals surface area contributed by atoms with Crippen LogP contribution in [0, 0.1) is 0 Å². The van der Waals surface area contributed by atoms with Crippen LogP contribution in [0.3, 0.4) is 0 Å². The fourth-order valence-corrected chi connectivity index (χ4v) is 8.92. The average Bonchev–Trinajstić information content (AvgIpc) is 3.64. The molecule has 0 radical (unpaired) electrons. The number of hydrogen-bond donors (Lipinski definition) is 0. The molecule has 9 aromatic carbocycles. The average molecular weight is 706 g/mol. The molecule has 254 valence electrons. The van der Waals surface area contributed by atoms with Crippen molar-refractivity contribution in [2.45, 2.75) is 0 Å². The van der Waals surface area contributed by atoms with E-state index in [1.165, 1.54) is 75.5 Å². The lowest BCUT2D eigenvalue weighted by Gasteiger charge is -2.28. The fourth-order valence-electron chi connectivity index (χ4n) is 7.78. The summed E-state index contributed by atoms with van der Waals surface area (Å²) in [6.07, 6.45) is 0. The van der Waals surface area contributed by atoms with Gasteiger partial charge in [0.25, 0.3) is 0 Å². The van der Waals surface area contributed by atoms with E-state index in [2.05, 4.69) is 217 Å². The van der Waals surface area contributed by atoms with Crippen molar-refractivity contribution >= 4 is 59.3 Å². The molecule has 1 aromatic heterocycles. The molecule has 1 heterocycles. The molecule has 0 N–H and O–H groups in total. The largest absolute Gasteiger partial charge is 0.310 e. The Labute approximate surface area is 319 Å². The number of nitrogens with zero attached hydrogens (tertiary/aromatic N) is 1. The normalized spacial score (nSPS) is 11.3. The standard InChI is InChI=1S/C52H35NS/c1-2-11-36(12-3-1)38-21-23-39(24-22-38)40-27-31-44(32-28-40)53(45-33-29-41(30-34-45)43-26-25-37-13-4-5-14-42(37)35-43)49-18-8-6-15-46(49)47-17-10-20-51-52(47)48-16-7-9-19-50(48)54-51/h1-35H. The van der Waals surface area contributed by atoms with E-state index in [1.54, 1.807) is 0 Å². The van der Waals surface area contributed by atoms with Gasteiger partial charge in [-0.15, -0.1) is 11.3 Å². The number of para-hydroxylation sites is 1. The molecule has 0 aliphatic carbocycles. The Morgan fingerprint density at radius 2 is 0.815 bits per heavy atom. The quantitative estimate of drug-likeness (QED) is 0.160. The maximum absolute atomic E-state index is 2.41. The summed E-state index contributed by atoms with van der Waals surface area (Å²) in [6.45, 7) is 0. The van der Waals surface area contributed by atoms with Crippen LogP contribution < -0.4 is 4.90 Å². The third-order valence-corrected chi connectivity index (χ3v) is 11.6. The summed E-state index contributed by atoms with van der Waals surface area (Å²) < 4.78 is 2.61. The topological polar surface area (TPSA) is 3.24 Å². The lowest BCUT2D eigenvalue weighted by Crippen LogP contribution is -2.11. The van der Waals surface area contributed by atoms with E-state index >= 15 is 0 Å². The Kier molecular flexibility index (Phi) is 8.09. The van der Waals surface area contributed by atoms with Crippen LogP contribution in [0.15, 0.2) is 212 Å². The molecule has 0 amide bonds. The molecule has 10 rings (SSSR count). The van der Waals surface area contributed by atoms with Gasteiger partial charge in [0.15, 0.2) is 0 Å². The summed E-state index contributed by atoms with van der Waals surface area (Å²) in [6, 6.07) is 77.1. The van der Waals surface area contributed by atoms with Crippen molar-refractivity contribution in [2.75, 3.05) is 4.90 Å². The molecular weight excluding hydrogens is 671 g/mol. The van der Waals surface area contributed by atoms with Crippen molar-refractivity contribution in [3.8, 4) is 44.5 Å². The Morgan fingerprint density at radius 3 is 1.54 bits per heavy atom. The maximum atomic E-state index is 2.41. The molecule has 0 saturated carbocycles. The van der Waals surface area contributed by atoms with E-state index in [9.17, 15) is 0 Å². The van der Waals surface area contributed by atoms with Gasteiger partial charge in [-0.25, -0.2) is 0 Å². The van der Waals surface area contributed by atoms with Crippen molar-refractivity contribution in [3.05, 3.63) is 212 Å². The molecular formula is C52H35NS. The van der Waals surface area contributed by atoms with Crippen LogP contribution in [-0.2, 0) is 0 Å². The van der Waals surface area contributed by atoms with Gasteiger partial charge in [0, 0.05) is 37.1 Å². The van der Waals surface area contributed by atoms with Crippen molar-refractivity contribution in [1.82, 2.24) is 0 Å². The molecule has 0 aliphatic heterocycles. The van der Waals surface area contributed by atoms with Crippen molar-refractivity contribution in [3.63, 3.8) is 0 Å². The second kappa shape index (κ2) is 13.7. The van der Waals surface area contributed by atoms with Crippen LogP contribution in [-0.4, -0.2) is 0 Å². The molecule has 0 spiro atoms. The summed E-state index contributed by atoms with van der Waals surface area (Å²) in [5.74, 6) is 0. The third kappa shape index (κ3) is 5.84. The molecule has 54 heavy (non-hydrogen) atoms. The molecule has 0 bridgehead atoms. The number of rotatable bonds is 7. The molecule has 2 heteroatoms. The fraction of sp³-hybridized carbons (Fsp3) is 0. The Bertz CT molecular complexity index is 2900. The zero-order valence-corrected chi connectivity index (χ0v) is 30.4. The highest BCUT2D eigenvalue weighted by Crippen LogP contribution is 2.46. The molecule has 0 fully saturated rings. The molecule has 0 aliphatic rings. The van der Waals surface area contributed by atoms with Gasteiger partial charge in [-0.1, -0.05) is 164 Å². The van der Waals surface area contributed by atoms with Crippen molar-refractivity contribution in [2.24, 2.45) is 0 Å². The number of hydrogen-bond acceptors (Lipinski definition) is 2. The third-order valence-electron chi connectivity index (χ3n) is 10.5. The van der Waals surface area contributed by atoms with Crippen LogP contribution in [0.25, 0.3) is 75.5 Å². The Balaban J connectivity index is 1.09. The minimum Gasteiger partial charge on any atom is -0.310 e. The van der Waals surface area contributed by atoms with Gasteiger partial charge in [0.1, 0.15) is 0 Å². The first kappa shape index (κ1) is 32.0. The van der Waals surface area contributed by atoms with Gasteiger partial charge < -0.3 is 4.90 Å². The Morgan fingerprint density at radius 1 is 0.315 bits per heavy atom. The summed E-state index contributed by atoms with van der Waals surface area (Å²) in [4.78, 5) is 2.41. The van der Waals surface area contributed by atoms with Gasteiger partial charge in [-0.3, -0.25) is 0 Å². The SMILES string of the molecule is c1ccc(-c2ccc(-c3ccc(N(c4ccc(-c5ccc6ccccc6c5)cc4)c4ccccc4-c4cccc5sc6ccccc6c45)cc3)cc2)cc1. The highest BCUT2D eigenvalue weighted by molar-refractivity contribution is 7.25. The molecule has 10 aromatic rings. The smallest absolute Gasteiger partial charge is 0.0540 e. The van der Waals surface area contributed by atoms with Gasteiger partial charge >= 0.3 is 0 Å². The lowest BCUT2D eigenvalue weighted by molar-refractivity contribution is 1.28. The number of benzene rings is 9. The molecule has 1 nitrogen and oxygen atoms in total. The van der Waals surface area contributed by atoms with E-state index in [-0.39, 0.29) is 0 Å². The zero-order valence-electron chi connectivity index (χ0n) is 29.6. The second-order valence-corrected chi connectivity index (χ2v) is 14.8. The predicted molar refractivity (Wildman–Crippen MR) is 233 cm³/mol. The lowest BCUT2D eigenvalue weighted by atomic mass is 9.96. The summed E-state index contributed by atoms with van der Waals surface area (Å²) in [5.41, 5.74) is 13.0. The van der Waals surface area contributed by atoms with Crippen LogP contribution in [0.4, 0.5) is 17.1 Å².